The number of amides is 2. The minimum atomic E-state index is -0.171. The summed E-state index contributed by atoms with van der Waals surface area (Å²) < 4.78 is 0. The van der Waals surface area contributed by atoms with Crippen molar-refractivity contribution in [3.05, 3.63) is 35.9 Å². The van der Waals surface area contributed by atoms with Crippen molar-refractivity contribution in [3.8, 4) is 0 Å². The number of nitrogens with zero attached hydrogens (tertiary/aromatic N) is 2. The molecule has 0 radical (unpaired) electrons. The van der Waals surface area contributed by atoms with Gasteiger partial charge in [-0.1, -0.05) is 30.3 Å². The Balaban J connectivity index is 1.82. The molecule has 0 saturated carbocycles. The summed E-state index contributed by atoms with van der Waals surface area (Å²) in [5.74, 6) is -0.224. The fourth-order valence-electron chi connectivity index (χ4n) is 2.24. The first-order valence-corrected chi connectivity index (χ1v) is 7.25. The average molecular weight is 287 g/mol. The molecule has 112 valence electrons. The number of hydrogen-bond donors (Lipinski definition) is 1. The molecule has 21 heavy (non-hydrogen) atoms. The van der Waals surface area contributed by atoms with E-state index in [0.29, 0.717) is 18.6 Å². The molecule has 0 fully saturated rings. The molecular weight excluding hydrogens is 266 g/mol. The zero-order valence-electron chi connectivity index (χ0n) is 12.5. The van der Waals surface area contributed by atoms with Crippen LogP contribution in [0.25, 0.3) is 0 Å². The van der Waals surface area contributed by atoms with Gasteiger partial charge in [-0.05, 0) is 25.3 Å². The van der Waals surface area contributed by atoms with Gasteiger partial charge in [0.15, 0.2) is 0 Å². The molecular formula is C16H21N3O2. The van der Waals surface area contributed by atoms with Gasteiger partial charge in [0, 0.05) is 25.9 Å². The van der Waals surface area contributed by atoms with Gasteiger partial charge in [-0.2, -0.15) is 5.10 Å². The molecule has 2 rings (SSSR count). The lowest BCUT2D eigenvalue weighted by Crippen LogP contribution is -2.41. The number of nitrogens with one attached hydrogen (secondary N) is 1. The van der Waals surface area contributed by atoms with Crippen LogP contribution >= 0.6 is 0 Å². The van der Waals surface area contributed by atoms with Gasteiger partial charge in [0.2, 0.25) is 5.91 Å². The van der Waals surface area contributed by atoms with Gasteiger partial charge >= 0.3 is 0 Å². The molecule has 0 spiro atoms. The Hall–Kier alpha value is -2.17. The van der Waals surface area contributed by atoms with E-state index in [4.69, 9.17) is 0 Å². The Labute approximate surface area is 125 Å². The third-order valence-electron chi connectivity index (χ3n) is 3.56. The lowest BCUT2D eigenvalue weighted by atomic mass is 10.1. The molecule has 1 atom stereocenters. The predicted molar refractivity (Wildman–Crippen MR) is 81.8 cm³/mol. The molecule has 1 aromatic carbocycles. The highest BCUT2D eigenvalue weighted by Crippen LogP contribution is 2.08. The second-order valence-corrected chi connectivity index (χ2v) is 5.36. The highest BCUT2D eigenvalue weighted by molar-refractivity contribution is 6.39. The summed E-state index contributed by atoms with van der Waals surface area (Å²) in [6.45, 7) is 1.99. The van der Waals surface area contributed by atoms with E-state index < -0.39 is 0 Å². The summed E-state index contributed by atoms with van der Waals surface area (Å²) in [5.41, 5.74) is 1.70. The summed E-state index contributed by atoms with van der Waals surface area (Å²) in [4.78, 5) is 23.4. The second kappa shape index (κ2) is 7.02. The standard InChI is InChI=1S/C16H21N3O2/c1-12(8-9-13-6-4-3-5-7-13)17-16(21)14-10-11-15(20)19(2)18-14/h3-7,12H,8-11H2,1-2H3,(H,17,21)/t12-/m1/s1. The van der Waals surface area contributed by atoms with Gasteiger partial charge < -0.3 is 5.32 Å². The maximum atomic E-state index is 12.1. The maximum absolute atomic E-state index is 12.1. The molecule has 5 heteroatoms. The fourth-order valence-corrected chi connectivity index (χ4v) is 2.24. The number of aryl methyl sites for hydroxylation is 1. The van der Waals surface area contributed by atoms with Crippen LogP contribution in [0, 0.1) is 0 Å². The zero-order valence-corrected chi connectivity index (χ0v) is 12.5. The van der Waals surface area contributed by atoms with Crippen LogP contribution < -0.4 is 5.32 Å². The largest absolute Gasteiger partial charge is 0.348 e. The zero-order chi connectivity index (χ0) is 15.2. The van der Waals surface area contributed by atoms with Gasteiger partial charge in [0.05, 0.1) is 0 Å². The van der Waals surface area contributed by atoms with Gasteiger partial charge in [-0.3, -0.25) is 9.59 Å². The number of rotatable bonds is 5. The van der Waals surface area contributed by atoms with E-state index in [-0.39, 0.29) is 17.9 Å². The van der Waals surface area contributed by atoms with Crippen molar-refractivity contribution in [1.82, 2.24) is 10.3 Å². The van der Waals surface area contributed by atoms with Crippen LogP contribution in [0.4, 0.5) is 0 Å². The molecule has 5 nitrogen and oxygen atoms in total. The number of carbonyl (C=O) groups excluding carboxylic acids is 2. The van der Waals surface area contributed by atoms with Gasteiger partial charge in [-0.15, -0.1) is 0 Å². The first-order chi connectivity index (χ1) is 10.1. The monoisotopic (exact) mass is 287 g/mol. The Bertz CT molecular complexity index is 540. The van der Waals surface area contributed by atoms with E-state index >= 15 is 0 Å². The van der Waals surface area contributed by atoms with Gasteiger partial charge in [0.1, 0.15) is 5.71 Å². The van der Waals surface area contributed by atoms with E-state index in [0.717, 1.165) is 12.8 Å². The fraction of sp³-hybridized carbons (Fsp3) is 0.438. The quantitative estimate of drug-likeness (QED) is 0.896. The van der Waals surface area contributed by atoms with Gasteiger partial charge in [-0.25, -0.2) is 5.01 Å². The Morgan fingerprint density at radius 3 is 2.71 bits per heavy atom. The molecule has 0 saturated heterocycles. The molecule has 0 unspecified atom stereocenters. The highest BCUT2D eigenvalue weighted by Gasteiger charge is 2.22. The summed E-state index contributed by atoms with van der Waals surface area (Å²) in [5, 5.41) is 8.21. The highest BCUT2D eigenvalue weighted by atomic mass is 16.2. The first-order valence-electron chi connectivity index (χ1n) is 7.25. The van der Waals surface area contributed by atoms with Gasteiger partial charge in [0.25, 0.3) is 5.91 Å². The third-order valence-corrected chi connectivity index (χ3v) is 3.56. The molecule has 1 aliphatic heterocycles. The van der Waals surface area contributed by atoms with Crippen LogP contribution in [0.15, 0.2) is 35.4 Å². The molecule has 0 aliphatic carbocycles. The second-order valence-electron chi connectivity index (χ2n) is 5.36. The lowest BCUT2D eigenvalue weighted by Gasteiger charge is -2.20. The topological polar surface area (TPSA) is 61.8 Å². The third kappa shape index (κ3) is 4.41. The number of carbonyl (C=O) groups is 2. The molecule has 0 bridgehead atoms. The Kier molecular flexibility index (Phi) is 5.09. The molecule has 0 aromatic heterocycles. The van der Waals surface area contributed by atoms with Crippen molar-refractivity contribution in [2.45, 2.75) is 38.6 Å². The predicted octanol–water partition coefficient (Wildman–Crippen LogP) is 1.73. The van der Waals surface area contributed by atoms with E-state index in [9.17, 15) is 9.59 Å². The van der Waals surface area contributed by atoms with E-state index in [1.807, 2.05) is 25.1 Å². The maximum Gasteiger partial charge on any atom is 0.267 e. The van der Waals surface area contributed by atoms with Crippen molar-refractivity contribution < 1.29 is 9.59 Å². The van der Waals surface area contributed by atoms with Crippen LogP contribution in [0.5, 0.6) is 0 Å². The summed E-state index contributed by atoms with van der Waals surface area (Å²) in [6.07, 6.45) is 2.56. The van der Waals surface area contributed by atoms with Crippen LogP contribution in [0.2, 0.25) is 0 Å². The van der Waals surface area contributed by atoms with E-state index in [1.165, 1.54) is 10.6 Å². The Morgan fingerprint density at radius 2 is 2.05 bits per heavy atom. The summed E-state index contributed by atoms with van der Waals surface area (Å²) in [6, 6.07) is 10.3. The van der Waals surface area contributed by atoms with Crippen LogP contribution in [0.3, 0.4) is 0 Å². The minimum absolute atomic E-state index is 0.0522. The van der Waals surface area contributed by atoms with Crippen molar-refractivity contribution in [1.29, 1.82) is 0 Å². The molecule has 1 aliphatic rings. The van der Waals surface area contributed by atoms with Crippen LogP contribution in [-0.2, 0) is 16.0 Å². The SMILES string of the molecule is C[C@H](CCc1ccccc1)NC(=O)C1=NN(C)C(=O)CC1. The molecule has 1 heterocycles. The molecule has 2 amide bonds. The first kappa shape index (κ1) is 15.2. The summed E-state index contributed by atoms with van der Waals surface area (Å²) in [7, 11) is 1.58. The van der Waals surface area contributed by atoms with Crippen molar-refractivity contribution in [2.75, 3.05) is 7.05 Å². The minimum Gasteiger partial charge on any atom is -0.348 e. The molecule has 1 aromatic rings. The average Bonchev–Trinajstić information content (AvgIpc) is 2.49. The van der Waals surface area contributed by atoms with E-state index in [1.54, 1.807) is 7.05 Å². The Morgan fingerprint density at radius 1 is 1.33 bits per heavy atom. The summed E-state index contributed by atoms with van der Waals surface area (Å²) >= 11 is 0. The van der Waals surface area contributed by atoms with Crippen LogP contribution in [-0.4, -0.2) is 35.6 Å². The van der Waals surface area contributed by atoms with E-state index in [2.05, 4.69) is 22.6 Å². The number of benzene rings is 1. The number of hydrogen-bond acceptors (Lipinski definition) is 3. The molecule has 1 N–H and O–H groups in total. The van der Waals surface area contributed by atoms with Crippen molar-refractivity contribution in [3.63, 3.8) is 0 Å². The number of hydrazone groups is 1. The smallest absolute Gasteiger partial charge is 0.267 e. The van der Waals surface area contributed by atoms with Crippen molar-refractivity contribution in [2.24, 2.45) is 5.10 Å². The van der Waals surface area contributed by atoms with Crippen LogP contribution in [0.1, 0.15) is 31.7 Å². The lowest BCUT2D eigenvalue weighted by molar-refractivity contribution is -0.130. The van der Waals surface area contributed by atoms with Crippen molar-refractivity contribution >= 4 is 17.5 Å². The normalized spacial score (nSPS) is 16.4.